The lowest BCUT2D eigenvalue weighted by molar-refractivity contribution is -0.136. The van der Waals surface area contributed by atoms with Crippen LogP contribution in [0.3, 0.4) is 0 Å². The second kappa shape index (κ2) is 8.26. The summed E-state index contributed by atoms with van der Waals surface area (Å²) in [6.45, 7) is 4.63. The first-order valence-electron chi connectivity index (χ1n) is 10.1. The Balaban J connectivity index is 1.85. The average Bonchev–Trinajstić information content (AvgIpc) is 3.08. The molecule has 0 bridgehead atoms. The van der Waals surface area contributed by atoms with E-state index in [1.807, 2.05) is 13.8 Å². The first-order chi connectivity index (χ1) is 14.9. The lowest BCUT2D eigenvalue weighted by atomic mass is 9.99. The van der Waals surface area contributed by atoms with Crippen molar-refractivity contribution in [2.45, 2.75) is 26.8 Å². The van der Waals surface area contributed by atoms with Crippen molar-refractivity contribution in [2.24, 2.45) is 0 Å². The van der Waals surface area contributed by atoms with Gasteiger partial charge in [0.25, 0.3) is 5.91 Å². The van der Waals surface area contributed by atoms with Crippen LogP contribution in [0.5, 0.6) is 11.5 Å². The third kappa shape index (κ3) is 3.67. The number of fused-ring (bicyclic) bond motifs is 2. The van der Waals surface area contributed by atoms with Gasteiger partial charge in [0.1, 0.15) is 17.3 Å². The van der Waals surface area contributed by atoms with Crippen molar-refractivity contribution < 1.29 is 28.6 Å². The second-order valence-corrected chi connectivity index (χ2v) is 7.20. The Morgan fingerprint density at radius 2 is 1.71 bits per heavy atom. The van der Waals surface area contributed by atoms with Gasteiger partial charge in [-0.3, -0.25) is 9.59 Å². The molecule has 0 saturated heterocycles. The van der Waals surface area contributed by atoms with Crippen LogP contribution in [0.4, 0.5) is 10.1 Å². The Labute approximate surface area is 178 Å². The number of carbonyl (C=O) groups excluding carboxylic acids is 1. The molecule has 0 radical (unpaired) electrons. The zero-order chi connectivity index (χ0) is 22.1. The lowest BCUT2D eigenvalue weighted by Crippen LogP contribution is -2.23. The molecule has 0 unspecified atom stereocenters. The number of aliphatic carboxylic acids is 1. The van der Waals surface area contributed by atoms with Crippen molar-refractivity contribution in [3.8, 4) is 11.5 Å². The van der Waals surface area contributed by atoms with Gasteiger partial charge in [-0.1, -0.05) is 12.1 Å². The van der Waals surface area contributed by atoms with Crippen LogP contribution in [0.25, 0.3) is 10.8 Å². The van der Waals surface area contributed by atoms with E-state index in [1.54, 1.807) is 35.2 Å². The Morgan fingerprint density at radius 3 is 2.35 bits per heavy atom. The van der Waals surface area contributed by atoms with Crippen LogP contribution >= 0.6 is 0 Å². The molecule has 6 nitrogen and oxygen atoms in total. The van der Waals surface area contributed by atoms with Gasteiger partial charge in [0.15, 0.2) is 0 Å². The van der Waals surface area contributed by atoms with Crippen molar-refractivity contribution >= 4 is 28.3 Å². The van der Waals surface area contributed by atoms with E-state index in [4.69, 9.17) is 14.6 Å². The summed E-state index contributed by atoms with van der Waals surface area (Å²) in [5.41, 5.74) is 2.35. The minimum Gasteiger partial charge on any atom is -0.493 e. The third-order valence-electron chi connectivity index (χ3n) is 5.23. The van der Waals surface area contributed by atoms with E-state index in [1.165, 1.54) is 12.1 Å². The van der Waals surface area contributed by atoms with Gasteiger partial charge in [-0.2, -0.15) is 0 Å². The SMILES string of the molecule is CCOc1c2c(c(OCC)c3ccc(F)cc13)C(=O)N(c1ccc(CC(=O)O)cc1)C2. The van der Waals surface area contributed by atoms with Gasteiger partial charge in [-0.05, 0) is 49.7 Å². The summed E-state index contributed by atoms with van der Waals surface area (Å²) in [6.07, 6.45) is -0.0889. The fourth-order valence-electron chi connectivity index (χ4n) is 3.97. The fourth-order valence-corrected chi connectivity index (χ4v) is 3.97. The van der Waals surface area contributed by atoms with Crippen LogP contribution in [0, 0.1) is 5.82 Å². The van der Waals surface area contributed by atoms with E-state index in [0.717, 1.165) is 0 Å². The topological polar surface area (TPSA) is 76.1 Å². The molecule has 1 N–H and O–H groups in total. The predicted octanol–water partition coefficient (Wildman–Crippen LogP) is 4.56. The number of amides is 1. The highest BCUT2D eigenvalue weighted by Gasteiger charge is 2.36. The number of carbonyl (C=O) groups is 2. The number of carboxylic acids is 1. The maximum atomic E-state index is 14.1. The molecule has 7 heteroatoms. The number of benzene rings is 3. The van der Waals surface area contributed by atoms with Gasteiger partial charge in [0.2, 0.25) is 0 Å². The number of carboxylic acid groups (broad SMARTS) is 1. The van der Waals surface area contributed by atoms with E-state index >= 15 is 0 Å². The predicted molar refractivity (Wildman–Crippen MR) is 115 cm³/mol. The highest BCUT2D eigenvalue weighted by molar-refractivity contribution is 6.16. The molecule has 0 spiro atoms. The van der Waals surface area contributed by atoms with E-state index in [-0.39, 0.29) is 18.9 Å². The van der Waals surface area contributed by atoms with Crippen LogP contribution < -0.4 is 14.4 Å². The summed E-state index contributed by atoms with van der Waals surface area (Å²) in [7, 11) is 0. The van der Waals surface area contributed by atoms with Crippen molar-refractivity contribution in [1.82, 2.24) is 0 Å². The largest absolute Gasteiger partial charge is 0.493 e. The maximum absolute atomic E-state index is 14.1. The number of ether oxygens (including phenoxy) is 2. The summed E-state index contributed by atoms with van der Waals surface area (Å²) >= 11 is 0. The summed E-state index contributed by atoms with van der Waals surface area (Å²) in [5.74, 6) is -0.651. The fraction of sp³-hybridized carbons (Fsp3) is 0.250. The first-order valence-corrected chi connectivity index (χ1v) is 10.1. The Kier molecular flexibility index (Phi) is 5.50. The minimum absolute atomic E-state index is 0.0889. The zero-order valence-electron chi connectivity index (χ0n) is 17.3. The quantitative estimate of drug-likeness (QED) is 0.603. The number of nitrogens with zero attached hydrogens (tertiary/aromatic N) is 1. The van der Waals surface area contributed by atoms with Gasteiger partial charge in [0.05, 0.1) is 31.7 Å². The maximum Gasteiger partial charge on any atom is 0.307 e. The Hall–Kier alpha value is -3.61. The highest BCUT2D eigenvalue weighted by atomic mass is 19.1. The van der Waals surface area contributed by atoms with Gasteiger partial charge in [-0.25, -0.2) is 4.39 Å². The molecular weight excluding hydrogens is 401 g/mol. The van der Waals surface area contributed by atoms with Gasteiger partial charge < -0.3 is 19.5 Å². The summed E-state index contributed by atoms with van der Waals surface area (Å²) < 4.78 is 25.8. The number of hydrogen-bond donors (Lipinski definition) is 1. The molecular formula is C24H22FNO5. The smallest absolute Gasteiger partial charge is 0.307 e. The Morgan fingerprint density at radius 1 is 1.03 bits per heavy atom. The lowest BCUT2D eigenvalue weighted by Gasteiger charge is -2.16. The summed E-state index contributed by atoms with van der Waals surface area (Å²) in [4.78, 5) is 26.0. The molecule has 1 amide bonds. The molecule has 1 heterocycles. The van der Waals surface area contributed by atoms with E-state index < -0.39 is 11.8 Å². The van der Waals surface area contributed by atoms with Crippen molar-refractivity contribution in [2.75, 3.05) is 18.1 Å². The minimum atomic E-state index is -0.918. The van der Waals surface area contributed by atoms with Crippen LogP contribution in [0.2, 0.25) is 0 Å². The molecule has 0 atom stereocenters. The van der Waals surface area contributed by atoms with Crippen LogP contribution in [0.15, 0.2) is 42.5 Å². The number of rotatable bonds is 7. The average molecular weight is 423 g/mol. The zero-order valence-corrected chi connectivity index (χ0v) is 17.3. The molecule has 1 aliphatic heterocycles. The van der Waals surface area contributed by atoms with E-state index in [0.29, 0.717) is 57.9 Å². The van der Waals surface area contributed by atoms with Crippen molar-refractivity contribution in [1.29, 1.82) is 0 Å². The molecule has 0 aromatic heterocycles. The van der Waals surface area contributed by atoms with Gasteiger partial charge in [0, 0.05) is 22.0 Å². The van der Waals surface area contributed by atoms with Crippen molar-refractivity contribution in [3.05, 3.63) is 65.0 Å². The molecule has 1 aliphatic rings. The summed E-state index contributed by atoms with van der Waals surface area (Å²) in [5, 5.41) is 10.2. The first kappa shape index (κ1) is 20.7. The van der Waals surface area contributed by atoms with E-state index in [2.05, 4.69) is 0 Å². The molecule has 0 saturated carbocycles. The molecule has 4 rings (SSSR count). The molecule has 3 aromatic rings. The second-order valence-electron chi connectivity index (χ2n) is 7.20. The summed E-state index contributed by atoms with van der Waals surface area (Å²) in [6, 6.07) is 11.2. The molecule has 3 aromatic carbocycles. The normalized spacial score (nSPS) is 12.9. The number of halogens is 1. The van der Waals surface area contributed by atoms with Crippen LogP contribution in [0.1, 0.15) is 35.3 Å². The Bertz CT molecular complexity index is 1170. The standard InChI is InChI=1S/C24H22FNO5/c1-3-30-22-18-12-15(25)7-10-17(18)23(31-4-2)21-19(22)13-26(24(21)29)16-8-5-14(6-9-16)11-20(27)28/h5-10,12H,3-4,11,13H2,1-2H3,(H,27,28). The monoisotopic (exact) mass is 423 g/mol. The number of anilines is 1. The van der Waals surface area contributed by atoms with Gasteiger partial charge >= 0.3 is 5.97 Å². The molecule has 0 fully saturated rings. The van der Waals surface area contributed by atoms with E-state index in [9.17, 15) is 14.0 Å². The molecule has 160 valence electrons. The van der Waals surface area contributed by atoms with Gasteiger partial charge in [-0.15, -0.1) is 0 Å². The molecule has 31 heavy (non-hydrogen) atoms. The van der Waals surface area contributed by atoms with Crippen LogP contribution in [-0.2, 0) is 17.8 Å². The third-order valence-corrected chi connectivity index (χ3v) is 5.23. The number of hydrogen-bond acceptors (Lipinski definition) is 4. The molecule has 0 aliphatic carbocycles. The highest BCUT2D eigenvalue weighted by Crippen LogP contribution is 2.46. The van der Waals surface area contributed by atoms with Crippen molar-refractivity contribution in [3.63, 3.8) is 0 Å². The van der Waals surface area contributed by atoms with Crippen LogP contribution in [-0.4, -0.2) is 30.2 Å².